The molecule has 1 aliphatic rings. The number of nitrogens with zero attached hydrogens (tertiary/aromatic N) is 2. The lowest BCUT2D eigenvalue weighted by atomic mass is 10.1. The van der Waals surface area contributed by atoms with Gasteiger partial charge in [-0.3, -0.25) is 9.59 Å². The lowest BCUT2D eigenvalue weighted by molar-refractivity contribution is -0.130. The number of rotatable bonds is 5. The lowest BCUT2D eigenvalue weighted by Crippen LogP contribution is -2.37. The summed E-state index contributed by atoms with van der Waals surface area (Å²) in [5.74, 6) is 1.55. The molecule has 7 nitrogen and oxygen atoms in total. The van der Waals surface area contributed by atoms with Crippen molar-refractivity contribution >= 4 is 11.8 Å². The highest BCUT2D eigenvalue weighted by atomic mass is 16.5. The van der Waals surface area contributed by atoms with Gasteiger partial charge < -0.3 is 23.7 Å². The molecule has 3 rings (SSSR count). The van der Waals surface area contributed by atoms with Gasteiger partial charge >= 0.3 is 0 Å². The molecule has 2 amide bonds. The highest BCUT2D eigenvalue weighted by molar-refractivity contribution is 5.91. The van der Waals surface area contributed by atoms with E-state index in [2.05, 4.69) is 0 Å². The van der Waals surface area contributed by atoms with Crippen molar-refractivity contribution in [2.75, 3.05) is 40.4 Å². The number of hydrogen-bond acceptors (Lipinski definition) is 5. The van der Waals surface area contributed by atoms with E-state index in [1.54, 1.807) is 48.3 Å². The Morgan fingerprint density at radius 3 is 2.52 bits per heavy atom. The number of amides is 2. The molecule has 0 spiro atoms. The normalized spacial score (nSPS) is 14.6. The van der Waals surface area contributed by atoms with Crippen LogP contribution in [0.5, 0.6) is 11.5 Å². The van der Waals surface area contributed by atoms with Crippen molar-refractivity contribution in [1.82, 2.24) is 9.80 Å². The van der Waals surface area contributed by atoms with Crippen molar-refractivity contribution in [2.45, 2.75) is 12.8 Å². The second-order valence-electron chi connectivity index (χ2n) is 6.36. The second kappa shape index (κ2) is 8.62. The van der Waals surface area contributed by atoms with Crippen LogP contribution >= 0.6 is 0 Å². The zero-order valence-corrected chi connectivity index (χ0v) is 15.6. The summed E-state index contributed by atoms with van der Waals surface area (Å²) in [5, 5.41) is 0. The summed E-state index contributed by atoms with van der Waals surface area (Å²) in [6, 6.07) is 8.78. The first-order chi connectivity index (χ1) is 13.1. The van der Waals surface area contributed by atoms with Crippen LogP contribution in [0, 0.1) is 0 Å². The predicted octanol–water partition coefficient (Wildman–Crippen LogP) is 2.21. The van der Waals surface area contributed by atoms with Gasteiger partial charge in [0.2, 0.25) is 5.91 Å². The SMILES string of the molecule is COc1ccc(OC)c(CC(=O)N2CCCN(C(=O)c3ccco3)CC2)c1. The van der Waals surface area contributed by atoms with E-state index in [1.807, 2.05) is 6.07 Å². The highest BCUT2D eigenvalue weighted by Crippen LogP contribution is 2.25. The van der Waals surface area contributed by atoms with E-state index in [1.165, 1.54) is 6.26 Å². The summed E-state index contributed by atoms with van der Waals surface area (Å²) in [6.45, 7) is 2.21. The molecule has 144 valence electrons. The summed E-state index contributed by atoms with van der Waals surface area (Å²) in [4.78, 5) is 28.8. The van der Waals surface area contributed by atoms with Gasteiger partial charge in [0.15, 0.2) is 5.76 Å². The van der Waals surface area contributed by atoms with Crippen molar-refractivity contribution in [1.29, 1.82) is 0 Å². The van der Waals surface area contributed by atoms with E-state index in [-0.39, 0.29) is 18.2 Å². The number of ether oxygens (including phenoxy) is 2. The molecular weight excluding hydrogens is 348 g/mol. The number of carbonyl (C=O) groups excluding carboxylic acids is 2. The smallest absolute Gasteiger partial charge is 0.289 e. The Balaban J connectivity index is 1.64. The van der Waals surface area contributed by atoms with Crippen molar-refractivity contribution in [3.8, 4) is 11.5 Å². The van der Waals surface area contributed by atoms with E-state index in [9.17, 15) is 9.59 Å². The first-order valence-corrected chi connectivity index (χ1v) is 8.94. The van der Waals surface area contributed by atoms with Crippen molar-refractivity contribution < 1.29 is 23.5 Å². The molecule has 0 radical (unpaired) electrons. The minimum Gasteiger partial charge on any atom is -0.497 e. The van der Waals surface area contributed by atoms with Gasteiger partial charge in [-0.05, 0) is 36.8 Å². The van der Waals surface area contributed by atoms with Crippen LogP contribution in [0.3, 0.4) is 0 Å². The van der Waals surface area contributed by atoms with Crippen LogP contribution in [0.15, 0.2) is 41.0 Å². The maximum atomic E-state index is 12.8. The predicted molar refractivity (Wildman–Crippen MR) is 99.1 cm³/mol. The quantitative estimate of drug-likeness (QED) is 0.805. The number of carbonyl (C=O) groups is 2. The molecule has 2 aromatic rings. The first kappa shape index (κ1) is 18.8. The third-order valence-electron chi connectivity index (χ3n) is 4.70. The number of methoxy groups -OCH3 is 2. The van der Waals surface area contributed by atoms with Crippen LogP contribution in [-0.4, -0.2) is 62.0 Å². The van der Waals surface area contributed by atoms with Gasteiger partial charge in [-0.25, -0.2) is 0 Å². The molecule has 0 bridgehead atoms. The zero-order chi connectivity index (χ0) is 19.2. The minimum absolute atomic E-state index is 0.00820. The molecule has 1 aliphatic heterocycles. The van der Waals surface area contributed by atoms with E-state index in [0.29, 0.717) is 43.4 Å². The summed E-state index contributed by atoms with van der Waals surface area (Å²) in [6.07, 6.45) is 2.45. The van der Waals surface area contributed by atoms with Crippen LogP contribution < -0.4 is 9.47 Å². The second-order valence-corrected chi connectivity index (χ2v) is 6.36. The number of benzene rings is 1. The summed E-state index contributed by atoms with van der Waals surface area (Å²) in [7, 11) is 3.17. The third-order valence-corrected chi connectivity index (χ3v) is 4.70. The Morgan fingerprint density at radius 1 is 1.04 bits per heavy atom. The van der Waals surface area contributed by atoms with Crippen molar-refractivity contribution in [3.63, 3.8) is 0 Å². The largest absolute Gasteiger partial charge is 0.497 e. The summed E-state index contributed by atoms with van der Waals surface area (Å²) >= 11 is 0. The van der Waals surface area contributed by atoms with Crippen LogP contribution in [-0.2, 0) is 11.2 Å². The number of furan rings is 1. The average molecular weight is 372 g/mol. The van der Waals surface area contributed by atoms with Gasteiger partial charge in [0.05, 0.1) is 26.9 Å². The van der Waals surface area contributed by atoms with Crippen molar-refractivity contribution in [2.24, 2.45) is 0 Å². The van der Waals surface area contributed by atoms with Gasteiger partial charge in [-0.15, -0.1) is 0 Å². The van der Waals surface area contributed by atoms with E-state index < -0.39 is 0 Å². The van der Waals surface area contributed by atoms with Gasteiger partial charge in [0.25, 0.3) is 5.91 Å². The fraction of sp³-hybridized carbons (Fsp3) is 0.400. The van der Waals surface area contributed by atoms with Crippen molar-refractivity contribution in [3.05, 3.63) is 47.9 Å². The first-order valence-electron chi connectivity index (χ1n) is 8.94. The Labute approximate surface area is 158 Å². The zero-order valence-electron chi connectivity index (χ0n) is 15.6. The van der Waals surface area contributed by atoms with Crippen LogP contribution in [0.25, 0.3) is 0 Å². The van der Waals surface area contributed by atoms with Gasteiger partial charge in [-0.1, -0.05) is 0 Å². The summed E-state index contributed by atoms with van der Waals surface area (Å²) in [5.41, 5.74) is 0.787. The molecule has 0 unspecified atom stereocenters. The van der Waals surface area contributed by atoms with E-state index in [0.717, 1.165) is 12.0 Å². The fourth-order valence-electron chi connectivity index (χ4n) is 3.22. The summed E-state index contributed by atoms with van der Waals surface area (Å²) < 4.78 is 15.8. The Morgan fingerprint density at radius 2 is 1.81 bits per heavy atom. The standard InChI is InChI=1S/C20H24N2O5/c1-25-16-6-7-17(26-2)15(13-16)14-19(23)21-8-4-9-22(11-10-21)20(24)18-5-3-12-27-18/h3,5-7,12-13H,4,8-11,14H2,1-2H3. The molecule has 2 heterocycles. The highest BCUT2D eigenvalue weighted by Gasteiger charge is 2.24. The van der Waals surface area contributed by atoms with Gasteiger partial charge in [0.1, 0.15) is 11.5 Å². The van der Waals surface area contributed by atoms with Crippen LogP contribution in [0.1, 0.15) is 22.5 Å². The molecule has 7 heteroatoms. The van der Waals surface area contributed by atoms with E-state index in [4.69, 9.17) is 13.9 Å². The Kier molecular flexibility index (Phi) is 6.01. The Hall–Kier alpha value is -2.96. The monoisotopic (exact) mass is 372 g/mol. The molecule has 0 saturated carbocycles. The molecule has 27 heavy (non-hydrogen) atoms. The molecule has 0 atom stereocenters. The van der Waals surface area contributed by atoms with Gasteiger partial charge in [0, 0.05) is 31.7 Å². The maximum Gasteiger partial charge on any atom is 0.289 e. The molecule has 0 N–H and O–H groups in total. The van der Waals surface area contributed by atoms with Crippen LogP contribution in [0.4, 0.5) is 0 Å². The van der Waals surface area contributed by atoms with Gasteiger partial charge in [-0.2, -0.15) is 0 Å². The fourth-order valence-corrected chi connectivity index (χ4v) is 3.22. The molecule has 1 aromatic carbocycles. The molecule has 0 aliphatic carbocycles. The molecule has 1 aromatic heterocycles. The molecule has 1 saturated heterocycles. The molecular formula is C20H24N2O5. The lowest BCUT2D eigenvalue weighted by Gasteiger charge is -2.22. The third kappa shape index (κ3) is 4.42. The topological polar surface area (TPSA) is 72.2 Å². The average Bonchev–Trinajstić information content (AvgIpc) is 3.11. The Bertz CT molecular complexity index is 788. The number of hydrogen-bond donors (Lipinski definition) is 0. The van der Waals surface area contributed by atoms with E-state index >= 15 is 0 Å². The molecule has 1 fully saturated rings. The minimum atomic E-state index is -0.135. The maximum absolute atomic E-state index is 12.8. The van der Waals surface area contributed by atoms with Crippen LogP contribution in [0.2, 0.25) is 0 Å².